The van der Waals surface area contributed by atoms with Gasteiger partial charge in [0.2, 0.25) is 0 Å². The molecule has 1 atom stereocenters. The zero-order chi connectivity index (χ0) is 6.57. The molecule has 2 N–H and O–H groups in total. The van der Waals surface area contributed by atoms with Gasteiger partial charge in [0.1, 0.15) is 5.01 Å². The van der Waals surface area contributed by atoms with E-state index in [4.69, 9.17) is 10.2 Å². The second kappa shape index (κ2) is 3.86. The van der Waals surface area contributed by atoms with Crippen LogP contribution in [-0.2, 0) is 4.79 Å². The van der Waals surface area contributed by atoms with Gasteiger partial charge in [0, 0.05) is 6.42 Å². The van der Waals surface area contributed by atoms with Crippen molar-refractivity contribution >= 4 is 21.9 Å². The Kier molecular flexibility index (Phi) is 3.81. The van der Waals surface area contributed by atoms with Crippen molar-refractivity contribution in [3.63, 3.8) is 0 Å². The van der Waals surface area contributed by atoms with Crippen LogP contribution in [0.1, 0.15) is 12.8 Å². The molecule has 0 aromatic carbocycles. The Balaban J connectivity index is 3.05. The van der Waals surface area contributed by atoms with E-state index in [2.05, 4.69) is 15.9 Å². The molecule has 0 aromatic rings. The van der Waals surface area contributed by atoms with Crippen LogP contribution in [0.25, 0.3) is 0 Å². The average molecular weight is 183 g/mol. The molecule has 4 heteroatoms. The van der Waals surface area contributed by atoms with Gasteiger partial charge >= 0.3 is 5.97 Å². The molecule has 0 saturated heterocycles. The molecule has 8 heavy (non-hydrogen) atoms. The molecule has 0 heterocycles. The van der Waals surface area contributed by atoms with Crippen LogP contribution >= 0.6 is 15.9 Å². The molecule has 0 aliphatic rings. The summed E-state index contributed by atoms with van der Waals surface area (Å²) in [4.78, 5) is 9.77. The van der Waals surface area contributed by atoms with E-state index < -0.39 is 11.0 Å². The Morgan fingerprint density at radius 2 is 2.25 bits per heavy atom. The summed E-state index contributed by atoms with van der Waals surface area (Å²) in [6.07, 6.45) is 0.266. The van der Waals surface area contributed by atoms with E-state index in [1.165, 1.54) is 0 Å². The van der Waals surface area contributed by atoms with Crippen molar-refractivity contribution in [1.29, 1.82) is 0 Å². The van der Waals surface area contributed by atoms with E-state index in [-0.39, 0.29) is 12.8 Å². The predicted molar refractivity (Wildman–Crippen MR) is 31.8 cm³/mol. The van der Waals surface area contributed by atoms with Gasteiger partial charge in [-0.05, 0) is 6.42 Å². The highest BCUT2D eigenvalue weighted by atomic mass is 79.9. The molecule has 0 fully saturated rings. The summed E-state index contributed by atoms with van der Waals surface area (Å²) >= 11 is 2.80. The van der Waals surface area contributed by atoms with Crippen molar-refractivity contribution in [2.45, 2.75) is 17.9 Å². The van der Waals surface area contributed by atoms with Crippen molar-refractivity contribution in [3.8, 4) is 0 Å². The lowest BCUT2D eigenvalue weighted by Crippen LogP contribution is -2.00. The number of carbonyl (C=O) groups is 1. The summed E-state index contributed by atoms with van der Waals surface area (Å²) in [7, 11) is 0. The molecule has 0 saturated carbocycles. The van der Waals surface area contributed by atoms with Crippen molar-refractivity contribution in [1.82, 2.24) is 0 Å². The fourth-order valence-electron chi connectivity index (χ4n) is 0.243. The minimum Gasteiger partial charge on any atom is -0.481 e. The maximum absolute atomic E-state index is 9.77. The predicted octanol–water partition coefficient (Wildman–Crippen LogP) is 0.565. The van der Waals surface area contributed by atoms with Crippen molar-refractivity contribution in [2.75, 3.05) is 0 Å². The highest BCUT2D eigenvalue weighted by Crippen LogP contribution is 2.02. The normalized spacial score (nSPS) is 13.2. The molecule has 0 aliphatic heterocycles. The number of aliphatic hydroxyl groups excluding tert-OH is 1. The number of halogens is 1. The van der Waals surface area contributed by atoms with E-state index in [0.717, 1.165) is 0 Å². The summed E-state index contributed by atoms with van der Waals surface area (Å²) < 4.78 is 0. The Labute approximate surface area is 55.5 Å². The maximum atomic E-state index is 9.77. The fraction of sp³-hybridized carbons (Fsp3) is 0.750. The topological polar surface area (TPSA) is 57.5 Å². The zero-order valence-corrected chi connectivity index (χ0v) is 5.76. The number of hydrogen-bond donors (Lipinski definition) is 2. The number of carboxylic acids is 1. The Morgan fingerprint density at radius 3 is 2.38 bits per heavy atom. The van der Waals surface area contributed by atoms with Crippen LogP contribution in [0.5, 0.6) is 0 Å². The van der Waals surface area contributed by atoms with E-state index in [1.54, 1.807) is 0 Å². The summed E-state index contributed by atoms with van der Waals surface area (Å²) in [6.45, 7) is 0. The highest BCUT2D eigenvalue weighted by Gasteiger charge is 2.00. The summed E-state index contributed by atoms with van der Waals surface area (Å²) in [5.41, 5.74) is 0. The van der Waals surface area contributed by atoms with Gasteiger partial charge in [-0.3, -0.25) is 4.79 Å². The largest absolute Gasteiger partial charge is 0.481 e. The minimum absolute atomic E-state index is 0.00637. The minimum atomic E-state index is -0.886. The van der Waals surface area contributed by atoms with E-state index in [9.17, 15) is 4.79 Å². The van der Waals surface area contributed by atoms with Gasteiger partial charge in [-0.15, -0.1) is 0 Å². The number of rotatable bonds is 3. The monoisotopic (exact) mass is 182 g/mol. The van der Waals surface area contributed by atoms with E-state index >= 15 is 0 Å². The molecule has 0 bridgehead atoms. The van der Waals surface area contributed by atoms with Gasteiger partial charge in [-0.2, -0.15) is 0 Å². The molecule has 0 aliphatic carbocycles. The van der Waals surface area contributed by atoms with Gasteiger partial charge in [-0.25, -0.2) is 0 Å². The quantitative estimate of drug-likeness (QED) is 0.628. The number of alkyl halides is 1. The summed E-state index contributed by atoms with van der Waals surface area (Å²) in [5.74, 6) is -0.886. The van der Waals surface area contributed by atoms with Gasteiger partial charge in [0.25, 0.3) is 0 Å². The number of carboxylic acid groups (broad SMARTS) is 1. The lowest BCUT2D eigenvalue weighted by molar-refractivity contribution is -0.137. The number of aliphatic carboxylic acids is 1. The van der Waals surface area contributed by atoms with Gasteiger partial charge in [-0.1, -0.05) is 15.9 Å². The molecular weight excluding hydrogens is 176 g/mol. The van der Waals surface area contributed by atoms with Crippen LogP contribution in [0.3, 0.4) is 0 Å². The number of aliphatic hydroxyl groups is 1. The standard InChI is InChI=1S/C4H7BrO3/c5-3(6)1-2-4(7)8/h3,6H,1-2H2,(H,7,8). The molecule has 0 rings (SSSR count). The van der Waals surface area contributed by atoms with Crippen LogP contribution < -0.4 is 0 Å². The smallest absolute Gasteiger partial charge is 0.303 e. The lowest BCUT2D eigenvalue weighted by Gasteiger charge is -1.95. The second-order valence-electron chi connectivity index (χ2n) is 1.37. The summed E-state index contributed by atoms with van der Waals surface area (Å²) in [6, 6.07) is 0. The average Bonchev–Trinajstić information content (AvgIpc) is 1.61. The van der Waals surface area contributed by atoms with Crippen molar-refractivity contribution in [3.05, 3.63) is 0 Å². The van der Waals surface area contributed by atoms with Crippen LogP contribution in [0, 0.1) is 0 Å². The first-order chi connectivity index (χ1) is 3.63. The zero-order valence-electron chi connectivity index (χ0n) is 4.17. The summed E-state index contributed by atoms with van der Waals surface area (Å²) in [5, 5.41) is 15.8. The molecule has 0 aromatic heterocycles. The van der Waals surface area contributed by atoms with Gasteiger partial charge in [0.05, 0.1) is 0 Å². The Hall–Kier alpha value is -0.0900. The third kappa shape index (κ3) is 5.91. The molecule has 0 radical (unpaired) electrons. The van der Waals surface area contributed by atoms with Crippen LogP contribution in [-0.4, -0.2) is 21.2 Å². The first-order valence-corrected chi connectivity index (χ1v) is 3.08. The fourth-order valence-corrected chi connectivity index (χ4v) is 0.471. The molecule has 0 amide bonds. The van der Waals surface area contributed by atoms with Crippen LogP contribution in [0.4, 0.5) is 0 Å². The van der Waals surface area contributed by atoms with E-state index in [0.29, 0.717) is 0 Å². The first-order valence-electron chi connectivity index (χ1n) is 2.17. The lowest BCUT2D eigenvalue weighted by atomic mass is 10.3. The van der Waals surface area contributed by atoms with Crippen LogP contribution in [0.15, 0.2) is 0 Å². The Bertz CT molecular complexity index is 81.4. The van der Waals surface area contributed by atoms with Crippen molar-refractivity contribution in [2.24, 2.45) is 0 Å². The first kappa shape index (κ1) is 7.91. The molecule has 1 unspecified atom stereocenters. The highest BCUT2D eigenvalue weighted by molar-refractivity contribution is 9.09. The van der Waals surface area contributed by atoms with Crippen LogP contribution in [0.2, 0.25) is 0 Å². The molecular formula is C4H7BrO3. The SMILES string of the molecule is O=C(O)CCC(O)Br. The third-order valence-corrected chi connectivity index (χ3v) is 1.05. The molecule has 48 valence electrons. The van der Waals surface area contributed by atoms with Gasteiger partial charge in [0.15, 0.2) is 0 Å². The maximum Gasteiger partial charge on any atom is 0.303 e. The molecule has 0 spiro atoms. The van der Waals surface area contributed by atoms with Gasteiger partial charge < -0.3 is 10.2 Å². The third-order valence-electron chi connectivity index (χ3n) is 0.596. The van der Waals surface area contributed by atoms with Crippen molar-refractivity contribution < 1.29 is 15.0 Å². The second-order valence-corrected chi connectivity index (χ2v) is 2.42. The van der Waals surface area contributed by atoms with E-state index in [1.807, 2.05) is 0 Å². The number of hydrogen-bond acceptors (Lipinski definition) is 2. The molecule has 3 nitrogen and oxygen atoms in total. The Morgan fingerprint density at radius 1 is 1.75 bits per heavy atom.